The van der Waals surface area contributed by atoms with Gasteiger partial charge in [0.25, 0.3) is 5.91 Å². The first-order valence-corrected chi connectivity index (χ1v) is 7.61. The van der Waals surface area contributed by atoms with Crippen LogP contribution in [0, 0.1) is 11.8 Å². The summed E-state index contributed by atoms with van der Waals surface area (Å²) in [6.45, 7) is 3.02. The van der Waals surface area contributed by atoms with Crippen molar-refractivity contribution in [1.29, 1.82) is 0 Å². The standard InChI is InChI=1S/C15H22ClN3O/c1-10-5-3-4-6-11(10)9-18-15(20)12-7-13(16)19-14(8-12)17-2/h7-8,10-11H,3-6,9H2,1-2H3,(H,17,19)(H,18,20). The first kappa shape index (κ1) is 15.1. The van der Waals surface area contributed by atoms with E-state index in [1.165, 1.54) is 25.7 Å². The Morgan fingerprint density at radius 2 is 2.15 bits per heavy atom. The van der Waals surface area contributed by atoms with Crippen molar-refractivity contribution in [2.24, 2.45) is 11.8 Å². The molecule has 2 rings (SSSR count). The number of carbonyl (C=O) groups is 1. The number of nitrogens with one attached hydrogen (secondary N) is 2. The second-order valence-corrected chi connectivity index (χ2v) is 5.93. The summed E-state index contributed by atoms with van der Waals surface area (Å²) in [5.74, 6) is 1.81. The predicted octanol–water partition coefficient (Wildman–Crippen LogP) is 3.33. The van der Waals surface area contributed by atoms with Crippen molar-refractivity contribution in [3.63, 3.8) is 0 Å². The maximum Gasteiger partial charge on any atom is 0.251 e. The number of hydrogen-bond acceptors (Lipinski definition) is 3. The van der Waals surface area contributed by atoms with Gasteiger partial charge < -0.3 is 10.6 Å². The zero-order valence-electron chi connectivity index (χ0n) is 12.1. The highest BCUT2D eigenvalue weighted by Gasteiger charge is 2.21. The molecule has 1 aliphatic rings. The second-order valence-electron chi connectivity index (χ2n) is 5.55. The van der Waals surface area contributed by atoms with Gasteiger partial charge in [-0.05, 0) is 30.4 Å². The van der Waals surface area contributed by atoms with Gasteiger partial charge in [0.05, 0.1) is 0 Å². The molecule has 20 heavy (non-hydrogen) atoms. The Kier molecular flexibility index (Phi) is 5.24. The van der Waals surface area contributed by atoms with Crippen LogP contribution in [-0.4, -0.2) is 24.5 Å². The van der Waals surface area contributed by atoms with Gasteiger partial charge in [0.1, 0.15) is 11.0 Å². The number of nitrogens with zero attached hydrogens (tertiary/aromatic N) is 1. The predicted molar refractivity (Wildman–Crippen MR) is 82.2 cm³/mol. The minimum Gasteiger partial charge on any atom is -0.373 e. The van der Waals surface area contributed by atoms with E-state index in [2.05, 4.69) is 22.5 Å². The number of pyridine rings is 1. The van der Waals surface area contributed by atoms with Crippen LogP contribution in [0.1, 0.15) is 43.0 Å². The van der Waals surface area contributed by atoms with E-state index in [0.29, 0.717) is 28.4 Å². The normalized spacial score (nSPS) is 22.4. The Hall–Kier alpha value is -1.29. The molecule has 4 nitrogen and oxygen atoms in total. The molecule has 1 heterocycles. The zero-order chi connectivity index (χ0) is 14.5. The molecule has 2 unspecified atom stereocenters. The molecule has 0 spiro atoms. The molecular weight excluding hydrogens is 274 g/mol. The Labute approximate surface area is 125 Å². The maximum atomic E-state index is 12.2. The molecule has 1 amide bonds. The Morgan fingerprint density at radius 1 is 1.40 bits per heavy atom. The quantitative estimate of drug-likeness (QED) is 0.838. The van der Waals surface area contributed by atoms with Crippen LogP contribution in [0.15, 0.2) is 12.1 Å². The lowest BCUT2D eigenvalue weighted by molar-refractivity contribution is 0.0936. The SMILES string of the molecule is CNc1cc(C(=O)NCC2CCCCC2C)cc(Cl)n1. The van der Waals surface area contributed by atoms with Crippen molar-refractivity contribution in [2.75, 3.05) is 18.9 Å². The van der Waals surface area contributed by atoms with Crippen LogP contribution in [0.25, 0.3) is 0 Å². The van der Waals surface area contributed by atoms with Crippen LogP contribution in [0.5, 0.6) is 0 Å². The minimum atomic E-state index is -0.0800. The third kappa shape index (κ3) is 3.85. The van der Waals surface area contributed by atoms with Crippen molar-refractivity contribution < 1.29 is 4.79 Å². The van der Waals surface area contributed by atoms with Gasteiger partial charge in [-0.2, -0.15) is 0 Å². The van der Waals surface area contributed by atoms with Crippen molar-refractivity contribution in [2.45, 2.75) is 32.6 Å². The summed E-state index contributed by atoms with van der Waals surface area (Å²) in [5.41, 5.74) is 0.554. The van der Waals surface area contributed by atoms with Gasteiger partial charge in [-0.25, -0.2) is 4.98 Å². The van der Waals surface area contributed by atoms with Gasteiger partial charge in [-0.3, -0.25) is 4.79 Å². The third-order valence-electron chi connectivity index (χ3n) is 4.13. The van der Waals surface area contributed by atoms with Gasteiger partial charge in [0.15, 0.2) is 0 Å². The summed E-state index contributed by atoms with van der Waals surface area (Å²) in [6.07, 6.45) is 5.07. The van der Waals surface area contributed by atoms with Gasteiger partial charge >= 0.3 is 0 Å². The van der Waals surface area contributed by atoms with Crippen molar-refractivity contribution in [1.82, 2.24) is 10.3 Å². The van der Waals surface area contributed by atoms with E-state index in [1.54, 1.807) is 19.2 Å². The van der Waals surface area contributed by atoms with Crippen molar-refractivity contribution in [3.05, 3.63) is 22.8 Å². The molecule has 2 N–H and O–H groups in total. The summed E-state index contributed by atoms with van der Waals surface area (Å²) >= 11 is 5.91. The molecule has 110 valence electrons. The van der Waals surface area contributed by atoms with Crippen molar-refractivity contribution >= 4 is 23.3 Å². The highest BCUT2D eigenvalue weighted by Crippen LogP contribution is 2.28. The number of rotatable bonds is 4. The molecule has 1 aromatic heterocycles. The van der Waals surface area contributed by atoms with Crippen LogP contribution in [-0.2, 0) is 0 Å². The molecule has 0 bridgehead atoms. The average molecular weight is 296 g/mol. The highest BCUT2D eigenvalue weighted by molar-refractivity contribution is 6.29. The summed E-state index contributed by atoms with van der Waals surface area (Å²) in [6, 6.07) is 3.31. The second kappa shape index (κ2) is 6.93. The van der Waals surface area contributed by atoms with E-state index in [0.717, 1.165) is 6.54 Å². The largest absolute Gasteiger partial charge is 0.373 e. The molecule has 1 aliphatic carbocycles. The van der Waals surface area contributed by atoms with E-state index in [1.807, 2.05) is 0 Å². The first-order valence-electron chi connectivity index (χ1n) is 7.23. The number of halogens is 1. The lowest BCUT2D eigenvalue weighted by Gasteiger charge is -2.28. The Bertz CT molecular complexity index is 478. The van der Waals surface area contributed by atoms with Crippen LogP contribution in [0.4, 0.5) is 5.82 Å². The van der Waals surface area contributed by atoms with Crippen LogP contribution >= 0.6 is 11.6 Å². The van der Waals surface area contributed by atoms with E-state index in [9.17, 15) is 4.79 Å². The molecule has 1 saturated carbocycles. The van der Waals surface area contributed by atoms with Gasteiger partial charge in [0.2, 0.25) is 0 Å². The number of anilines is 1. The van der Waals surface area contributed by atoms with Gasteiger partial charge in [-0.15, -0.1) is 0 Å². The molecule has 0 aliphatic heterocycles. The van der Waals surface area contributed by atoms with Gasteiger partial charge in [-0.1, -0.05) is 37.8 Å². The number of aromatic nitrogens is 1. The van der Waals surface area contributed by atoms with Crippen LogP contribution < -0.4 is 10.6 Å². The molecule has 0 saturated heterocycles. The monoisotopic (exact) mass is 295 g/mol. The first-order chi connectivity index (χ1) is 9.60. The Balaban J connectivity index is 1.96. The molecular formula is C15H22ClN3O. The average Bonchev–Trinajstić information content (AvgIpc) is 2.45. The lowest BCUT2D eigenvalue weighted by atomic mass is 9.80. The molecule has 1 aromatic rings. The summed E-state index contributed by atoms with van der Waals surface area (Å²) in [5, 5.41) is 6.25. The smallest absolute Gasteiger partial charge is 0.251 e. The molecule has 5 heteroatoms. The molecule has 1 fully saturated rings. The van der Waals surface area contributed by atoms with E-state index in [4.69, 9.17) is 11.6 Å². The molecule has 0 radical (unpaired) electrons. The number of carbonyl (C=O) groups excluding carboxylic acids is 1. The highest BCUT2D eigenvalue weighted by atomic mass is 35.5. The summed E-state index contributed by atoms with van der Waals surface area (Å²) in [4.78, 5) is 16.3. The fraction of sp³-hybridized carbons (Fsp3) is 0.600. The topological polar surface area (TPSA) is 54.0 Å². The van der Waals surface area contributed by atoms with E-state index < -0.39 is 0 Å². The number of amides is 1. The fourth-order valence-electron chi connectivity index (χ4n) is 2.78. The molecule has 0 aromatic carbocycles. The molecule has 2 atom stereocenters. The maximum absolute atomic E-state index is 12.2. The summed E-state index contributed by atoms with van der Waals surface area (Å²) in [7, 11) is 1.75. The Morgan fingerprint density at radius 3 is 2.85 bits per heavy atom. The lowest BCUT2D eigenvalue weighted by Crippen LogP contribution is -2.33. The van der Waals surface area contributed by atoms with Crippen molar-refractivity contribution in [3.8, 4) is 0 Å². The minimum absolute atomic E-state index is 0.0800. The van der Waals surface area contributed by atoms with Crippen LogP contribution in [0.3, 0.4) is 0 Å². The van der Waals surface area contributed by atoms with E-state index >= 15 is 0 Å². The third-order valence-corrected chi connectivity index (χ3v) is 4.32. The number of hydrogen-bond donors (Lipinski definition) is 2. The van der Waals surface area contributed by atoms with E-state index in [-0.39, 0.29) is 5.91 Å². The fourth-order valence-corrected chi connectivity index (χ4v) is 2.99. The van der Waals surface area contributed by atoms with Gasteiger partial charge in [0, 0.05) is 19.2 Å². The summed E-state index contributed by atoms with van der Waals surface area (Å²) < 4.78 is 0. The van der Waals surface area contributed by atoms with Crippen LogP contribution in [0.2, 0.25) is 5.15 Å². The zero-order valence-corrected chi connectivity index (χ0v) is 12.8.